The van der Waals surface area contributed by atoms with Crippen LogP contribution >= 0.6 is 34.2 Å². The fourth-order valence-corrected chi connectivity index (χ4v) is 13.1. The minimum atomic E-state index is -4.43. The van der Waals surface area contributed by atoms with Crippen LogP contribution in [0.2, 0.25) is 0 Å². The third-order valence-corrected chi connectivity index (χ3v) is 17.0. The zero-order valence-electron chi connectivity index (χ0n) is 41.2. The van der Waals surface area contributed by atoms with Gasteiger partial charge in [-0.15, -0.1) is 0 Å². The summed E-state index contributed by atoms with van der Waals surface area (Å²) in [4.78, 5) is 86.6. The zero-order valence-corrected chi connectivity index (χ0v) is 44.8. The third kappa shape index (κ3) is 12.4. The Morgan fingerprint density at radius 3 is 1.44 bits per heavy atom. The Bertz CT molecular complexity index is 3660. The molecular formula is C38H51N18O19P3S. The number of ether oxygens (including phenoxy) is 4. The largest absolute Gasteiger partial charge is 0.394 e. The number of hydrogen-bond donors (Lipinski definition) is 9. The summed E-state index contributed by atoms with van der Waals surface area (Å²) in [5, 5.41) is 21.0. The van der Waals surface area contributed by atoms with Crippen LogP contribution in [0, 0.1) is 0 Å². The molecule has 0 aromatic carbocycles. The van der Waals surface area contributed by atoms with Crippen molar-refractivity contribution in [2.75, 3.05) is 62.7 Å². The minimum Gasteiger partial charge on any atom is -0.394 e. The molecule has 0 radical (unpaired) electrons. The second-order valence-electron chi connectivity index (χ2n) is 18.4. The highest BCUT2D eigenvalue weighted by Gasteiger charge is 2.47. The molecular weight excluding hydrogens is 1140 g/mol. The van der Waals surface area contributed by atoms with Gasteiger partial charge in [-0.25, -0.2) is 34.1 Å². The number of thiol groups is 1. The second-order valence-corrected chi connectivity index (χ2v) is 25.3. The molecule has 41 heteroatoms. The molecule has 428 valence electrons. The summed E-state index contributed by atoms with van der Waals surface area (Å²) in [5.41, 5.74) is 19.8. The van der Waals surface area contributed by atoms with Gasteiger partial charge in [-0.3, -0.25) is 56.0 Å². The smallest absolute Gasteiger partial charge is 0.386 e. The van der Waals surface area contributed by atoms with Crippen molar-refractivity contribution in [1.82, 2.24) is 68.1 Å². The molecule has 10 heterocycles. The standard InChI is InChI=1S/C38H51N18O19P3S/c1-76(63,66-8-20-15(58)3-23(70-20)53-11-43-27-29(53)47-35(41)49-31(27)59)74-18-6-26(56-14-46-34(40)52-38(56)62)72-21(18)9-67-77(2,64)73-17-5-24(54-12-44-28-30(54)48-36(42)50-32(28)60)71-22(17)10-68-78(65,79)75-16-4-25(69-19(16)7-57)55-13-45-33(39)51-37(55)61/h11-26,57-58H,3-10H2,1-2H3,(H,65,79)(H2,39,51,61)(H2,40,52,62)(H3,41,47,49,59)(H3,42,48,50,60)/t15?,16?,17?,18?,19-,20-,21-,22-,23-,24-,25-,26-,76?,77?,78?/m1/s1. The van der Waals surface area contributed by atoms with Gasteiger partial charge in [-0.2, -0.15) is 19.9 Å². The quantitative estimate of drug-likeness (QED) is 0.0303. The highest BCUT2D eigenvalue weighted by Crippen LogP contribution is 2.57. The molecule has 0 bridgehead atoms. The van der Waals surface area contributed by atoms with Gasteiger partial charge in [0, 0.05) is 39.0 Å². The number of rotatable bonds is 20. The topological polar surface area (TPSA) is 511 Å². The first-order valence-electron chi connectivity index (χ1n) is 23.7. The van der Waals surface area contributed by atoms with E-state index in [9.17, 15) is 43.1 Å². The number of aliphatic hydroxyl groups is 2. The van der Waals surface area contributed by atoms with Gasteiger partial charge in [0.15, 0.2) is 22.3 Å². The molecule has 37 nitrogen and oxygen atoms in total. The average molecular weight is 1190 g/mol. The van der Waals surface area contributed by atoms with E-state index in [-0.39, 0.29) is 71.8 Å². The van der Waals surface area contributed by atoms with Crippen molar-refractivity contribution in [2.24, 2.45) is 0 Å². The second kappa shape index (κ2) is 22.2. The maximum absolute atomic E-state index is 14.4. The maximum atomic E-state index is 14.4. The van der Waals surface area contributed by atoms with Crippen LogP contribution in [-0.2, 0) is 59.8 Å². The number of nitrogens with two attached hydrogens (primary N) is 4. The predicted octanol–water partition coefficient (Wildman–Crippen LogP) is -1.72. The molecule has 10 rings (SSSR count). The lowest BCUT2D eigenvalue weighted by Gasteiger charge is -2.27. The fraction of sp³-hybridized carbons (Fsp3) is 0.579. The van der Waals surface area contributed by atoms with Crippen LogP contribution in [0.1, 0.15) is 50.6 Å². The van der Waals surface area contributed by atoms with Crippen LogP contribution in [0.25, 0.3) is 22.3 Å². The summed E-state index contributed by atoms with van der Waals surface area (Å²) >= 11 is 4.16. The van der Waals surface area contributed by atoms with E-state index >= 15 is 0 Å². The molecule has 4 saturated heterocycles. The number of anilines is 4. The van der Waals surface area contributed by atoms with E-state index in [1.54, 1.807) is 0 Å². The molecule has 4 aliphatic heterocycles. The van der Waals surface area contributed by atoms with E-state index in [0.29, 0.717) is 0 Å². The summed E-state index contributed by atoms with van der Waals surface area (Å²) in [6.07, 6.45) is -9.52. The SMILES string of the molecule is CP(=O)(OC[C@H]1O[C@@H](n2cnc3c(=O)[nH]c(N)nc32)CC1O)OC1C[C@H](n2cnc(N)nc2=O)O[C@@H]1COP(C)(=O)OC1C[C@H](n2cnc3c(=O)[nH]c(N)nc32)O[C@@H]1COP(=O)(S)OC1C[C@H](n2cnc(N)nc2=O)O[C@@H]1CO. The summed E-state index contributed by atoms with van der Waals surface area (Å²) in [6, 6.07) is 0. The Hall–Kier alpha value is -5.92. The molecule has 79 heavy (non-hydrogen) atoms. The number of aromatic amines is 2. The van der Waals surface area contributed by atoms with Crippen molar-refractivity contribution in [2.45, 2.75) is 99.4 Å². The van der Waals surface area contributed by atoms with E-state index in [1.807, 2.05) is 0 Å². The Kier molecular flexibility index (Phi) is 15.8. The molecule has 15 atom stereocenters. The number of hydrogen-bond acceptors (Lipinski definition) is 31. The van der Waals surface area contributed by atoms with Crippen LogP contribution in [0.15, 0.2) is 44.5 Å². The van der Waals surface area contributed by atoms with Gasteiger partial charge in [0.2, 0.25) is 23.8 Å². The lowest BCUT2D eigenvalue weighted by atomic mass is 10.2. The van der Waals surface area contributed by atoms with Gasteiger partial charge in [0.25, 0.3) is 11.1 Å². The van der Waals surface area contributed by atoms with Crippen molar-refractivity contribution >= 4 is 80.4 Å². The first-order chi connectivity index (χ1) is 37.4. The number of H-pyrrole nitrogens is 2. The monoisotopic (exact) mass is 1190 g/mol. The average Bonchev–Trinajstić information content (AvgIpc) is 4.46. The molecule has 0 spiro atoms. The molecule has 0 amide bonds. The van der Waals surface area contributed by atoms with Gasteiger partial charge in [-0.1, -0.05) is 12.2 Å². The van der Waals surface area contributed by atoms with E-state index in [2.05, 4.69) is 62.1 Å². The Morgan fingerprint density at radius 1 is 0.582 bits per heavy atom. The van der Waals surface area contributed by atoms with Crippen molar-refractivity contribution in [3.05, 3.63) is 67.0 Å². The summed E-state index contributed by atoms with van der Waals surface area (Å²) in [6.45, 7) is -4.49. The summed E-state index contributed by atoms with van der Waals surface area (Å²) in [5.74, 6) is -1.01. The molecule has 12 N–H and O–H groups in total. The number of imidazole rings is 2. The molecule has 4 fully saturated rings. The number of aliphatic hydroxyl groups excluding tert-OH is 2. The van der Waals surface area contributed by atoms with Crippen LogP contribution < -0.4 is 45.4 Å². The summed E-state index contributed by atoms with van der Waals surface area (Å²) in [7, 11) is -8.45. The Balaban J connectivity index is 0.828. The van der Waals surface area contributed by atoms with Crippen molar-refractivity contribution < 1.29 is 70.0 Å². The summed E-state index contributed by atoms with van der Waals surface area (Å²) < 4.78 is 107. The zero-order chi connectivity index (χ0) is 56.3. The normalized spacial score (nSPS) is 29.5. The van der Waals surface area contributed by atoms with E-state index in [0.717, 1.165) is 35.1 Å². The van der Waals surface area contributed by atoms with E-state index < -0.39 is 145 Å². The van der Waals surface area contributed by atoms with Crippen LogP contribution in [0.5, 0.6) is 0 Å². The number of fused-ring (bicyclic) bond motifs is 2. The van der Waals surface area contributed by atoms with Gasteiger partial charge < -0.3 is 70.2 Å². The molecule has 6 aromatic rings. The Morgan fingerprint density at radius 2 is 0.975 bits per heavy atom. The van der Waals surface area contributed by atoms with Crippen molar-refractivity contribution in [3.63, 3.8) is 0 Å². The van der Waals surface area contributed by atoms with Gasteiger partial charge in [0.05, 0.1) is 57.4 Å². The first kappa shape index (κ1) is 56.4. The molecule has 0 aliphatic carbocycles. The predicted molar refractivity (Wildman–Crippen MR) is 270 cm³/mol. The first-order valence-corrected chi connectivity index (χ1v) is 30.3. The number of nitrogens with one attached hydrogen (secondary N) is 2. The fourth-order valence-electron chi connectivity index (χ4n) is 9.20. The third-order valence-electron chi connectivity index (χ3n) is 12.8. The molecule has 6 aromatic heterocycles. The highest BCUT2D eigenvalue weighted by atomic mass is 32.7. The maximum Gasteiger partial charge on any atom is 0.386 e. The van der Waals surface area contributed by atoms with Crippen molar-refractivity contribution in [1.29, 1.82) is 0 Å². The minimum absolute atomic E-state index is 0.00522. The highest BCUT2D eigenvalue weighted by molar-refractivity contribution is 8.44. The lowest BCUT2D eigenvalue weighted by molar-refractivity contribution is -0.0541. The number of nitrogen functional groups attached to an aromatic ring is 4. The van der Waals surface area contributed by atoms with Gasteiger partial charge in [-0.05, 0) is 0 Å². The molecule has 7 unspecified atom stereocenters. The van der Waals surface area contributed by atoms with E-state index in [1.165, 1.54) is 21.8 Å². The number of nitrogens with zero attached hydrogens (tertiary/aromatic N) is 12. The molecule has 4 aliphatic rings. The van der Waals surface area contributed by atoms with Crippen molar-refractivity contribution in [3.8, 4) is 0 Å². The van der Waals surface area contributed by atoms with Crippen LogP contribution in [0.3, 0.4) is 0 Å². The van der Waals surface area contributed by atoms with Crippen LogP contribution in [0.4, 0.5) is 23.8 Å². The van der Waals surface area contributed by atoms with Gasteiger partial charge in [0.1, 0.15) is 68.1 Å². The van der Waals surface area contributed by atoms with E-state index in [4.69, 9.17) is 69.0 Å². The lowest BCUT2D eigenvalue weighted by Crippen LogP contribution is -2.31. The molecule has 0 saturated carbocycles. The van der Waals surface area contributed by atoms with Gasteiger partial charge >= 0.3 is 33.4 Å². The number of aromatic nitrogens is 14. The van der Waals surface area contributed by atoms with Crippen LogP contribution in [-0.4, -0.2) is 167 Å². The Labute approximate surface area is 446 Å².